The monoisotopic (exact) mass is 460 g/mol. The summed E-state index contributed by atoms with van der Waals surface area (Å²) in [6.07, 6.45) is 0. The second kappa shape index (κ2) is 6.45. The minimum absolute atomic E-state index is 0.0441. The molecule has 0 amide bonds. The first-order valence-electron chi connectivity index (χ1n) is 13.0. The van der Waals surface area contributed by atoms with E-state index in [0.29, 0.717) is 0 Å². The smallest absolute Gasteiger partial charge is 0.0159 e. The van der Waals surface area contributed by atoms with Crippen LogP contribution in [0.1, 0.15) is 49.9 Å². The van der Waals surface area contributed by atoms with Gasteiger partial charge in [-0.25, -0.2) is 0 Å². The lowest BCUT2D eigenvalue weighted by Crippen LogP contribution is -2.24. The van der Waals surface area contributed by atoms with Crippen molar-refractivity contribution >= 4 is 32.3 Å². The highest BCUT2D eigenvalue weighted by atomic mass is 14.5. The van der Waals surface area contributed by atoms with E-state index in [0.717, 1.165) is 0 Å². The molecule has 0 nitrogen and oxygen atoms in total. The Bertz CT molecular complexity index is 1930. The van der Waals surface area contributed by atoms with Gasteiger partial charge in [0.2, 0.25) is 0 Å². The normalized spacial score (nSPS) is 16.2. The number of hydrogen-bond donors (Lipinski definition) is 0. The molecule has 0 unspecified atom stereocenters. The highest BCUT2D eigenvalue weighted by Gasteiger charge is 2.45. The van der Waals surface area contributed by atoms with E-state index < -0.39 is 0 Å². The predicted molar refractivity (Wildman–Crippen MR) is 154 cm³/mol. The van der Waals surface area contributed by atoms with E-state index in [-0.39, 0.29) is 10.8 Å². The molecular weight excluding hydrogens is 432 g/mol. The highest BCUT2D eigenvalue weighted by Crippen LogP contribution is 2.60. The van der Waals surface area contributed by atoms with Crippen LogP contribution in [0.3, 0.4) is 0 Å². The van der Waals surface area contributed by atoms with Gasteiger partial charge in [-0.15, -0.1) is 0 Å². The molecule has 0 spiro atoms. The zero-order valence-electron chi connectivity index (χ0n) is 21.2. The minimum Gasteiger partial charge on any atom is -0.0616 e. The summed E-state index contributed by atoms with van der Waals surface area (Å²) in [6.45, 7) is 9.69. The molecule has 2 aliphatic rings. The lowest BCUT2D eigenvalue weighted by atomic mass is 9.67. The largest absolute Gasteiger partial charge is 0.0616 e. The molecule has 0 radical (unpaired) electrons. The molecule has 6 aromatic carbocycles. The third-order valence-corrected chi connectivity index (χ3v) is 9.21. The van der Waals surface area contributed by atoms with E-state index in [1.807, 2.05) is 0 Å². The molecule has 0 atom stereocenters. The molecule has 0 N–H and O–H groups in total. The molecule has 2 aliphatic carbocycles. The predicted octanol–water partition coefficient (Wildman–Crippen LogP) is 9.76. The Morgan fingerprint density at radius 3 is 1.86 bits per heavy atom. The number of fused-ring (bicyclic) bond motifs is 3. The van der Waals surface area contributed by atoms with Crippen molar-refractivity contribution < 1.29 is 0 Å². The molecule has 0 aromatic heterocycles. The van der Waals surface area contributed by atoms with E-state index in [1.165, 1.54) is 76.8 Å². The Morgan fingerprint density at radius 2 is 1.08 bits per heavy atom. The zero-order valence-corrected chi connectivity index (χ0v) is 21.2. The number of benzene rings is 6. The number of rotatable bonds is 1. The SMILES string of the molecule is CC1(C)c2cc(-c3cccc4ccccc34)cc3c2-c2c1ccc1c2c(cc2ccccc21)C3(C)C. The van der Waals surface area contributed by atoms with Gasteiger partial charge in [0.25, 0.3) is 0 Å². The van der Waals surface area contributed by atoms with Gasteiger partial charge in [-0.1, -0.05) is 107 Å². The van der Waals surface area contributed by atoms with Crippen molar-refractivity contribution in [1.82, 2.24) is 0 Å². The van der Waals surface area contributed by atoms with Crippen molar-refractivity contribution in [2.75, 3.05) is 0 Å². The van der Waals surface area contributed by atoms with Crippen LogP contribution in [0.5, 0.6) is 0 Å². The molecular formula is C36H28. The second-order valence-electron chi connectivity index (χ2n) is 11.8. The fraction of sp³-hybridized carbons (Fsp3) is 0.167. The molecule has 0 heterocycles. The zero-order chi connectivity index (χ0) is 24.4. The maximum atomic E-state index is 2.50. The van der Waals surface area contributed by atoms with Crippen LogP contribution in [0.15, 0.2) is 97.1 Å². The number of hydrogen-bond acceptors (Lipinski definition) is 0. The fourth-order valence-electron chi connectivity index (χ4n) is 7.30. The first kappa shape index (κ1) is 20.3. The first-order valence-corrected chi connectivity index (χ1v) is 13.0. The topological polar surface area (TPSA) is 0 Å². The Balaban J connectivity index is 1.55. The Morgan fingerprint density at radius 1 is 0.444 bits per heavy atom. The van der Waals surface area contributed by atoms with Crippen LogP contribution >= 0.6 is 0 Å². The van der Waals surface area contributed by atoms with Crippen LogP contribution in [-0.4, -0.2) is 0 Å². The van der Waals surface area contributed by atoms with Crippen molar-refractivity contribution in [1.29, 1.82) is 0 Å². The minimum atomic E-state index is -0.0982. The molecule has 0 aliphatic heterocycles. The summed E-state index contributed by atoms with van der Waals surface area (Å²) >= 11 is 0. The average Bonchev–Trinajstić information content (AvgIpc) is 3.13. The Labute approximate surface area is 212 Å². The van der Waals surface area contributed by atoms with Crippen molar-refractivity contribution in [2.24, 2.45) is 0 Å². The summed E-state index contributed by atoms with van der Waals surface area (Å²) in [6, 6.07) is 36.6. The van der Waals surface area contributed by atoms with Gasteiger partial charge >= 0.3 is 0 Å². The van der Waals surface area contributed by atoms with Gasteiger partial charge in [0.15, 0.2) is 0 Å². The molecule has 0 saturated heterocycles. The van der Waals surface area contributed by atoms with Crippen molar-refractivity contribution in [3.05, 3.63) is 119 Å². The van der Waals surface area contributed by atoms with E-state index in [4.69, 9.17) is 0 Å². The van der Waals surface area contributed by atoms with Gasteiger partial charge in [0.05, 0.1) is 0 Å². The van der Waals surface area contributed by atoms with Crippen molar-refractivity contribution in [3.8, 4) is 22.3 Å². The van der Waals surface area contributed by atoms with E-state index in [1.54, 1.807) is 0 Å². The maximum Gasteiger partial charge on any atom is 0.0159 e. The fourth-order valence-corrected chi connectivity index (χ4v) is 7.30. The van der Waals surface area contributed by atoms with E-state index >= 15 is 0 Å². The Kier molecular flexibility index (Phi) is 3.64. The van der Waals surface area contributed by atoms with Crippen LogP contribution in [0.4, 0.5) is 0 Å². The van der Waals surface area contributed by atoms with E-state index in [9.17, 15) is 0 Å². The summed E-state index contributed by atoms with van der Waals surface area (Å²) < 4.78 is 0. The highest BCUT2D eigenvalue weighted by molar-refractivity contribution is 6.18. The summed E-state index contributed by atoms with van der Waals surface area (Å²) in [5.41, 5.74) is 11.3. The summed E-state index contributed by atoms with van der Waals surface area (Å²) in [5, 5.41) is 8.17. The van der Waals surface area contributed by atoms with Crippen LogP contribution in [0, 0.1) is 0 Å². The standard InChI is InChI=1S/C36H28/c1-35(2)28-17-16-27-25-14-8-6-11-22(25)18-29-32(27)34(28)33-30(35)19-23(20-31(33)36(29,3)4)26-15-9-12-21-10-5-7-13-24(21)26/h5-20H,1-4H3. The third-order valence-electron chi connectivity index (χ3n) is 9.21. The summed E-state index contributed by atoms with van der Waals surface area (Å²) in [5.74, 6) is 0. The molecule has 0 saturated carbocycles. The molecule has 6 aromatic rings. The Hall–Kier alpha value is -3.90. The lowest BCUT2D eigenvalue weighted by molar-refractivity contribution is 0.640. The van der Waals surface area contributed by atoms with Crippen molar-refractivity contribution in [3.63, 3.8) is 0 Å². The first-order chi connectivity index (χ1) is 17.4. The van der Waals surface area contributed by atoms with Gasteiger partial charge in [0, 0.05) is 10.8 Å². The van der Waals surface area contributed by atoms with Crippen LogP contribution in [0.25, 0.3) is 54.6 Å². The average molecular weight is 461 g/mol. The molecule has 36 heavy (non-hydrogen) atoms. The third kappa shape index (κ3) is 2.31. The molecule has 0 heteroatoms. The van der Waals surface area contributed by atoms with Gasteiger partial charge in [-0.2, -0.15) is 0 Å². The quantitative estimate of drug-likeness (QED) is 0.214. The molecule has 172 valence electrons. The molecule has 0 fully saturated rings. The van der Waals surface area contributed by atoms with Crippen LogP contribution < -0.4 is 0 Å². The van der Waals surface area contributed by atoms with Crippen LogP contribution in [-0.2, 0) is 10.8 Å². The van der Waals surface area contributed by atoms with E-state index in [2.05, 4.69) is 125 Å². The van der Waals surface area contributed by atoms with Gasteiger partial charge in [0.1, 0.15) is 0 Å². The molecule has 0 bridgehead atoms. The van der Waals surface area contributed by atoms with Gasteiger partial charge in [-0.05, 0) is 95.0 Å². The lowest BCUT2D eigenvalue weighted by Gasteiger charge is -2.36. The maximum absolute atomic E-state index is 2.50. The summed E-state index contributed by atoms with van der Waals surface area (Å²) in [7, 11) is 0. The molecule has 8 rings (SSSR count). The van der Waals surface area contributed by atoms with Gasteiger partial charge in [-0.3, -0.25) is 0 Å². The summed E-state index contributed by atoms with van der Waals surface area (Å²) in [4.78, 5) is 0. The van der Waals surface area contributed by atoms with Crippen molar-refractivity contribution in [2.45, 2.75) is 38.5 Å². The van der Waals surface area contributed by atoms with Crippen LogP contribution in [0.2, 0.25) is 0 Å². The second-order valence-corrected chi connectivity index (χ2v) is 11.8. The van der Waals surface area contributed by atoms with Gasteiger partial charge < -0.3 is 0 Å².